The van der Waals surface area contributed by atoms with E-state index in [1.54, 1.807) is 13.2 Å². The molecule has 0 N–H and O–H groups in total. The van der Waals surface area contributed by atoms with Crippen LogP contribution in [0.4, 0.5) is 5.95 Å². The second kappa shape index (κ2) is 10.2. The standard InChI is InChI=1S/C25H27N5O3/c1-18(2)33-23-16-22(31-3)10-9-19(23)15-20(17-26)24-27-28-25(29-11-13-32-14-12-29)30(24)21-7-5-4-6-8-21/h4-10,15-16,18H,11-14H2,1-3H3. The molecule has 3 aromatic rings. The predicted molar refractivity (Wildman–Crippen MR) is 127 cm³/mol. The normalized spacial score (nSPS) is 14.3. The van der Waals surface area contributed by atoms with E-state index in [0.717, 1.165) is 11.3 Å². The number of rotatable bonds is 7. The number of ether oxygens (including phenoxy) is 3. The van der Waals surface area contributed by atoms with Gasteiger partial charge in [0.15, 0.2) is 5.82 Å². The molecule has 0 bridgehead atoms. The number of allylic oxidation sites excluding steroid dienone is 1. The number of anilines is 1. The van der Waals surface area contributed by atoms with Crippen LogP contribution in [0.25, 0.3) is 17.3 Å². The maximum Gasteiger partial charge on any atom is 0.232 e. The highest BCUT2D eigenvalue weighted by atomic mass is 16.5. The van der Waals surface area contributed by atoms with Crippen molar-refractivity contribution < 1.29 is 14.2 Å². The molecule has 0 unspecified atom stereocenters. The molecule has 1 aromatic heterocycles. The number of aromatic nitrogens is 3. The fourth-order valence-electron chi connectivity index (χ4n) is 3.65. The molecule has 8 heteroatoms. The van der Waals surface area contributed by atoms with Gasteiger partial charge in [0.05, 0.1) is 37.7 Å². The molecule has 33 heavy (non-hydrogen) atoms. The van der Waals surface area contributed by atoms with Gasteiger partial charge < -0.3 is 19.1 Å². The minimum atomic E-state index is -0.0318. The van der Waals surface area contributed by atoms with Crippen LogP contribution in [0.3, 0.4) is 0 Å². The second-order valence-corrected chi connectivity index (χ2v) is 7.83. The highest BCUT2D eigenvalue weighted by molar-refractivity contribution is 5.89. The summed E-state index contributed by atoms with van der Waals surface area (Å²) in [6.07, 6.45) is 1.75. The Balaban J connectivity index is 1.83. The molecule has 0 amide bonds. The van der Waals surface area contributed by atoms with Gasteiger partial charge in [0.25, 0.3) is 0 Å². The molecule has 0 radical (unpaired) electrons. The number of nitrogens with zero attached hydrogens (tertiary/aromatic N) is 5. The molecule has 0 spiro atoms. The average molecular weight is 446 g/mol. The van der Waals surface area contributed by atoms with Gasteiger partial charge in [-0.15, -0.1) is 10.2 Å². The third-order valence-corrected chi connectivity index (χ3v) is 5.20. The number of benzene rings is 2. The van der Waals surface area contributed by atoms with Crippen molar-refractivity contribution in [2.45, 2.75) is 20.0 Å². The van der Waals surface area contributed by atoms with Gasteiger partial charge in [-0.1, -0.05) is 18.2 Å². The Morgan fingerprint density at radius 1 is 1.12 bits per heavy atom. The summed E-state index contributed by atoms with van der Waals surface area (Å²) in [6, 6.07) is 17.7. The monoisotopic (exact) mass is 445 g/mol. The molecule has 1 fully saturated rings. The summed E-state index contributed by atoms with van der Waals surface area (Å²) in [5.41, 5.74) is 2.02. The van der Waals surface area contributed by atoms with Crippen LogP contribution in [0.1, 0.15) is 25.2 Å². The van der Waals surface area contributed by atoms with Crippen molar-refractivity contribution in [1.82, 2.24) is 14.8 Å². The first kappa shape index (κ1) is 22.4. The van der Waals surface area contributed by atoms with E-state index in [1.165, 1.54) is 0 Å². The lowest BCUT2D eigenvalue weighted by atomic mass is 10.1. The van der Waals surface area contributed by atoms with E-state index in [-0.39, 0.29) is 6.10 Å². The summed E-state index contributed by atoms with van der Waals surface area (Å²) in [5, 5.41) is 19.0. The van der Waals surface area contributed by atoms with Crippen molar-refractivity contribution in [3.05, 3.63) is 59.9 Å². The van der Waals surface area contributed by atoms with Crippen molar-refractivity contribution in [2.24, 2.45) is 0 Å². The molecular formula is C25H27N5O3. The molecule has 0 saturated carbocycles. The van der Waals surface area contributed by atoms with Crippen LogP contribution in [-0.2, 0) is 4.74 Å². The van der Waals surface area contributed by atoms with Crippen LogP contribution in [-0.4, -0.2) is 54.3 Å². The van der Waals surface area contributed by atoms with Crippen molar-refractivity contribution in [3.8, 4) is 23.3 Å². The number of hydrogen-bond acceptors (Lipinski definition) is 7. The fourth-order valence-corrected chi connectivity index (χ4v) is 3.65. The molecule has 2 heterocycles. The van der Waals surface area contributed by atoms with E-state index in [1.807, 2.05) is 66.9 Å². The Morgan fingerprint density at radius 3 is 2.55 bits per heavy atom. The number of nitriles is 1. The molecule has 170 valence electrons. The highest BCUT2D eigenvalue weighted by Gasteiger charge is 2.23. The average Bonchev–Trinajstić information content (AvgIpc) is 3.29. The summed E-state index contributed by atoms with van der Waals surface area (Å²) in [4.78, 5) is 2.13. The van der Waals surface area contributed by atoms with Crippen molar-refractivity contribution in [1.29, 1.82) is 5.26 Å². The van der Waals surface area contributed by atoms with Gasteiger partial charge >= 0.3 is 0 Å². The third kappa shape index (κ3) is 4.99. The summed E-state index contributed by atoms with van der Waals surface area (Å²) in [7, 11) is 1.61. The predicted octanol–water partition coefficient (Wildman–Crippen LogP) is 3.96. The summed E-state index contributed by atoms with van der Waals surface area (Å²) < 4.78 is 18.8. The maximum atomic E-state index is 10.1. The Morgan fingerprint density at radius 2 is 1.88 bits per heavy atom. The van der Waals surface area contributed by atoms with E-state index < -0.39 is 0 Å². The van der Waals surface area contributed by atoms with E-state index in [9.17, 15) is 5.26 Å². The topological polar surface area (TPSA) is 85.4 Å². The number of methoxy groups -OCH3 is 1. The first-order valence-corrected chi connectivity index (χ1v) is 10.9. The Kier molecular flexibility index (Phi) is 6.91. The molecule has 1 saturated heterocycles. The molecule has 4 rings (SSSR count). The zero-order valence-corrected chi connectivity index (χ0v) is 19.1. The zero-order chi connectivity index (χ0) is 23.2. The lowest BCUT2D eigenvalue weighted by Crippen LogP contribution is -2.38. The second-order valence-electron chi connectivity index (χ2n) is 7.83. The van der Waals surface area contributed by atoms with E-state index >= 15 is 0 Å². The van der Waals surface area contributed by atoms with Crippen LogP contribution < -0.4 is 14.4 Å². The molecule has 2 aromatic carbocycles. The van der Waals surface area contributed by atoms with Crippen molar-refractivity contribution >= 4 is 17.6 Å². The van der Waals surface area contributed by atoms with Crippen LogP contribution in [0.15, 0.2) is 48.5 Å². The summed E-state index contributed by atoms with van der Waals surface area (Å²) >= 11 is 0. The van der Waals surface area contributed by atoms with E-state index in [4.69, 9.17) is 14.2 Å². The van der Waals surface area contributed by atoms with Crippen molar-refractivity contribution in [2.75, 3.05) is 38.3 Å². The molecule has 1 aliphatic heterocycles. The molecule has 0 aliphatic carbocycles. The third-order valence-electron chi connectivity index (χ3n) is 5.20. The van der Waals surface area contributed by atoms with Crippen LogP contribution >= 0.6 is 0 Å². The molecule has 8 nitrogen and oxygen atoms in total. The molecular weight excluding hydrogens is 418 g/mol. The maximum absolute atomic E-state index is 10.1. The van der Waals surface area contributed by atoms with Gasteiger partial charge in [0.2, 0.25) is 5.95 Å². The highest BCUT2D eigenvalue weighted by Crippen LogP contribution is 2.31. The minimum absolute atomic E-state index is 0.0318. The summed E-state index contributed by atoms with van der Waals surface area (Å²) in [5.74, 6) is 2.48. The number of morpholine rings is 1. The lowest BCUT2D eigenvalue weighted by molar-refractivity contribution is 0.122. The largest absolute Gasteiger partial charge is 0.497 e. The van der Waals surface area contributed by atoms with Gasteiger partial charge in [-0.25, -0.2) is 0 Å². The van der Waals surface area contributed by atoms with Gasteiger partial charge in [-0.2, -0.15) is 5.26 Å². The van der Waals surface area contributed by atoms with Crippen molar-refractivity contribution in [3.63, 3.8) is 0 Å². The molecule has 1 aliphatic rings. The SMILES string of the molecule is COc1ccc(C=C(C#N)c2nnc(N3CCOCC3)n2-c2ccccc2)c(OC(C)C)c1. The van der Waals surface area contributed by atoms with Crippen LogP contribution in [0, 0.1) is 11.3 Å². The van der Waals surface area contributed by atoms with Crippen LogP contribution in [0.5, 0.6) is 11.5 Å². The van der Waals surface area contributed by atoms with Gasteiger partial charge in [0.1, 0.15) is 17.6 Å². The zero-order valence-electron chi connectivity index (χ0n) is 19.1. The number of para-hydroxylation sites is 1. The first-order valence-electron chi connectivity index (χ1n) is 10.9. The Bertz CT molecular complexity index is 1160. The van der Waals surface area contributed by atoms with Crippen LogP contribution in [0.2, 0.25) is 0 Å². The van der Waals surface area contributed by atoms with Gasteiger partial charge in [0, 0.05) is 24.7 Å². The molecule has 0 atom stereocenters. The van der Waals surface area contributed by atoms with E-state index in [2.05, 4.69) is 21.2 Å². The first-order chi connectivity index (χ1) is 16.1. The quantitative estimate of drug-likeness (QED) is 0.509. The van der Waals surface area contributed by atoms with Gasteiger partial charge in [-0.05, 0) is 44.2 Å². The Labute approximate surface area is 193 Å². The minimum Gasteiger partial charge on any atom is -0.497 e. The van der Waals surface area contributed by atoms with E-state index in [0.29, 0.717) is 55.1 Å². The number of hydrogen-bond donors (Lipinski definition) is 0. The lowest BCUT2D eigenvalue weighted by Gasteiger charge is -2.28. The summed E-state index contributed by atoms with van der Waals surface area (Å²) in [6.45, 7) is 6.58. The fraction of sp³-hybridized carbons (Fsp3) is 0.320. The Hall–Kier alpha value is -3.83. The smallest absolute Gasteiger partial charge is 0.232 e. The van der Waals surface area contributed by atoms with Gasteiger partial charge in [-0.3, -0.25) is 4.57 Å².